The molecular weight excluding hydrogens is 350 g/mol. The van der Waals surface area contributed by atoms with Crippen LogP contribution in [0.25, 0.3) is 0 Å². The maximum Gasteiger partial charge on any atom is 0.239 e. The summed E-state index contributed by atoms with van der Waals surface area (Å²) in [4.78, 5) is 31.9. The van der Waals surface area contributed by atoms with Crippen molar-refractivity contribution in [3.05, 3.63) is 65.7 Å². The van der Waals surface area contributed by atoms with Crippen molar-refractivity contribution in [1.29, 1.82) is 0 Å². The lowest BCUT2D eigenvalue weighted by atomic mass is 10.1. The quantitative estimate of drug-likeness (QED) is 0.770. The van der Waals surface area contributed by atoms with Gasteiger partial charge in [-0.1, -0.05) is 42.5 Å². The molecule has 146 valence electrons. The molecule has 0 spiro atoms. The molecule has 5 heteroatoms. The van der Waals surface area contributed by atoms with Gasteiger partial charge in [0, 0.05) is 45.0 Å². The zero-order valence-corrected chi connectivity index (χ0v) is 16.4. The Morgan fingerprint density at radius 2 is 1.71 bits per heavy atom. The van der Waals surface area contributed by atoms with E-state index in [-0.39, 0.29) is 11.8 Å². The smallest absolute Gasteiger partial charge is 0.239 e. The minimum Gasteiger partial charge on any atom is -0.339 e. The van der Waals surface area contributed by atoms with E-state index in [0.29, 0.717) is 26.1 Å². The average molecular weight is 377 g/mol. The molecule has 0 radical (unpaired) electrons. The fourth-order valence-corrected chi connectivity index (χ4v) is 4.15. The zero-order chi connectivity index (χ0) is 19.5. The summed E-state index contributed by atoms with van der Waals surface area (Å²) in [6, 6.07) is 18.3. The molecule has 28 heavy (non-hydrogen) atoms. The summed E-state index contributed by atoms with van der Waals surface area (Å²) in [5.41, 5.74) is 3.31. The van der Waals surface area contributed by atoms with Crippen LogP contribution in [0.3, 0.4) is 0 Å². The molecule has 1 unspecified atom stereocenters. The van der Waals surface area contributed by atoms with E-state index < -0.39 is 5.92 Å². The largest absolute Gasteiger partial charge is 0.339 e. The van der Waals surface area contributed by atoms with Crippen molar-refractivity contribution in [3.63, 3.8) is 0 Å². The Kier molecular flexibility index (Phi) is 5.44. The molecule has 0 saturated carbocycles. The number of hydrogen-bond acceptors (Lipinski definition) is 3. The third-order valence-electron chi connectivity index (χ3n) is 5.75. The van der Waals surface area contributed by atoms with E-state index >= 15 is 0 Å². The first-order valence-electron chi connectivity index (χ1n) is 10.0. The van der Waals surface area contributed by atoms with E-state index in [4.69, 9.17) is 0 Å². The molecule has 0 aliphatic carbocycles. The molecule has 2 amide bonds. The molecule has 2 aromatic rings. The summed E-state index contributed by atoms with van der Waals surface area (Å²) in [5, 5.41) is 0. The molecule has 2 heterocycles. The van der Waals surface area contributed by atoms with Crippen LogP contribution in [0.15, 0.2) is 54.6 Å². The number of anilines is 1. The molecule has 1 atom stereocenters. The van der Waals surface area contributed by atoms with E-state index in [1.807, 2.05) is 42.2 Å². The zero-order valence-electron chi connectivity index (χ0n) is 16.4. The lowest BCUT2D eigenvalue weighted by molar-refractivity contribution is -0.141. The number of benzene rings is 2. The Labute approximate surface area is 166 Å². The molecule has 0 bridgehead atoms. The van der Waals surface area contributed by atoms with Gasteiger partial charge in [0.05, 0.1) is 0 Å². The van der Waals surface area contributed by atoms with Crippen LogP contribution in [0.5, 0.6) is 0 Å². The minimum atomic E-state index is -0.527. The fraction of sp³-hybridized carbons (Fsp3) is 0.391. The summed E-state index contributed by atoms with van der Waals surface area (Å²) in [5.74, 6) is -0.581. The van der Waals surface area contributed by atoms with E-state index in [1.165, 1.54) is 5.56 Å². The average Bonchev–Trinajstić information content (AvgIpc) is 3.10. The molecule has 2 aromatic carbocycles. The number of nitrogens with zero attached hydrogens (tertiary/aromatic N) is 3. The van der Waals surface area contributed by atoms with Crippen molar-refractivity contribution in [2.75, 3.05) is 37.6 Å². The number of piperazine rings is 1. The molecule has 0 aromatic heterocycles. The van der Waals surface area contributed by atoms with Gasteiger partial charge < -0.3 is 9.80 Å². The second-order valence-electron chi connectivity index (χ2n) is 7.76. The van der Waals surface area contributed by atoms with Gasteiger partial charge in [-0.25, -0.2) is 0 Å². The predicted molar refractivity (Wildman–Crippen MR) is 110 cm³/mol. The first-order valence-corrected chi connectivity index (χ1v) is 10.0. The van der Waals surface area contributed by atoms with Gasteiger partial charge in [0.25, 0.3) is 0 Å². The number of carbonyl (C=O) groups excluding carboxylic acids is 2. The number of hydrogen-bond donors (Lipinski definition) is 0. The van der Waals surface area contributed by atoms with Gasteiger partial charge in [0.2, 0.25) is 11.8 Å². The van der Waals surface area contributed by atoms with Crippen LogP contribution < -0.4 is 4.90 Å². The molecule has 0 N–H and O–H groups in total. The maximum atomic E-state index is 13.0. The summed E-state index contributed by atoms with van der Waals surface area (Å²) in [6.07, 6.45) is 0.607. The van der Waals surface area contributed by atoms with Crippen molar-refractivity contribution in [2.24, 2.45) is 5.92 Å². The summed E-state index contributed by atoms with van der Waals surface area (Å²) < 4.78 is 0. The SMILES string of the molecule is Cc1cccc(N2CCC(C(=O)N3CCN(Cc4ccccc4)CC3)C2=O)c1. The van der Waals surface area contributed by atoms with Crippen LogP contribution in [-0.4, -0.2) is 54.3 Å². The minimum absolute atomic E-state index is 0.000450. The number of carbonyl (C=O) groups is 2. The van der Waals surface area contributed by atoms with Gasteiger partial charge >= 0.3 is 0 Å². The third-order valence-corrected chi connectivity index (χ3v) is 5.75. The van der Waals surface area contributed by atoms with Crippen molar-refractivity contribution >= 4 is 17.5 Å². The number of rotatable bonds is 4. The van der Waals surface area contributed by atoms with Crippen LogP contribution in [-0.2, 0) is 16.1 Å². The second-order valence-corrected chi connectivity index (χ2v) is 7.76. The highest BCUT2D eigenvalue weighted by Crippen LogP contribution is 2.27. The Morgan fingerprint density at radius 3 is 2.43 bits per heavy atom. The Bertz CT molecular complexity index is 844. The van der Waals surface area contributed by atoms with Gasteiger partial charge in [0.15, 0.2) is 0 Å². The van der Waals surface area contributed by atoms with Gasteiger partial charge in [-0.2, -0.15) is 0 Å². The molecule has 5 nitrogen and oxygen atoms in total. The van der Waals surface area contributed by atoms with E-state index in [1.54, 1.807) is 4.90 Å². The number of amides is 2. The normalized spacial score (nSPS) is 20.6. The fourth-order valence-electron chi connectivity index (χ4n) is 4.15. The van der Waals surface area contributed by atoms with Crippen molar-refractivity contribution in [1.82, 2.24) is 9.80 Å². The maximum absolute atomic E-state index is 13.0. The standard InChI is InChI=1S/C23H27N3O2/c1-18-6-5-9-20(16-18)26-11-10-21(23(26)28)22(27)25-14-12-24(13-15-25)17-19-7-3-2-4-8-19/h2-9,16,21H,10-15,17H2,1H3. The van der Waals surface area contributed by atoms with Crippen LogP contribution >= 0.6 is 0 Å². The van der Waals surface area contributed by atoms with E-state index in [9.17, 15) is 9.59 Å². The third kappa shape index (κ3) is 3.94. The highest BCUT2D eigenvalue weighted by Gasteiger charge is 2.40. The van der Waals surface area contributed by atoms with Gasteiger partial charge in [-0.15, -0.1) is 0 Å². The first-order chi connectivity index (χ1) is 13.6. The van der Waals surface area contributed by atoms with Crippen LogP contribution in [0, 0.1) is 12.8 Å². The summed E-state index contributed by atoms with van der Waals surface area (Å²) >= 11 is 0. The van der Waals surface area contributed by atoms with Crippen LogP contribution in [0.4, 0.5) is 5.69 Å². The Hall–Kier alpha value is -2.66. The van der Waals surface area contributed by atoms with Crippen molar-refractivity contribution in [2.45, 2.75) is 19.9 Å². The number of aryl methyl sites for hydroxylation is 1. The highest BCUT2D eigenvalue weighted by molar-refractivity contribution is 6.09. The predicted octanol–water partition coefficient (Wildman–Crippen LogP) is 2.69. The van der Waals surface area contributed by atoms with Gasteiger partial charge in [-0.05, 0) is 36.6 Å². The highest BCUT2D eigenvalue weighted by atomic mass is 16.2. The van der Waals surface area contributed by atoms with Gasteiger partial charge in [0.1, 0.15) is 5.92 Å². The van der Waals surface area contributed by atoms with Crippen molar-refractivity contribution < 1.29 is 9.59 Å². The Morgan fingerprint density at radius 1 is 0.964 bits per heavy atom. The van der Waals surface area contributed by atoms with E-state index in [2.05, 4.69) is 29.2 Å². The molecular formula is C23H27N3O2. The molecule has 2 aliphatic heterocycles. The summed E-state index contributed by atoms with van der Waals surface area (Å²) in [7, 11) is 0. The first kappa shape index (κ1) is 18.7. The van der Waals surface area contributed by atoms with Crippen LogP contribution in [0.2, 0.25) is 0 Å². The lowest BCUT2D eigenvalue weighted by Gasteiger charge is -2.35. The van der Waals surface area contributed by atoms with E-state index in [0.717, 1.165) is 30.9 Å². The van der Waals surface area contributed by atoms with Gasteiger partial charge in [-0.3, -0.25) is 14.5 Å². The monoisotopic (exact) mass is 377 g/mol. The lowest BCUT2D eigenvalue weighted by Crippen LogP contribution is -2.51. The van der Waals surface area contributed by atoms with Crippen molar-refractivity contribution in [3.8, 4) is 0 Å². The summed E-state index contributed by atoms with van der Waals surface area (Å²) in [6.45, 7) is 6.63. The topological polar surface area (TPSA) is 43.9 Å². The molecule has 2 saturated heterocycles. The van der Waals surface area contributed by atoms with Crippen LogP contribution in [0.1, 0.15) is 17.5 Å². The molecule has 2 aliphatic rings. The Balaban J connectivity index is 1.33. The molecule has 4 rings (SSSR count). The molecule has 2 fully saturated rings. The second kappa shape index (κ2) is 8.15.